The molecule has 1 atom stereocenters. The fraction of sp³-hybridized carbons (Fsp3) is 0.261. The minimum atomic E-state index is -0.912. The Balaban J connectivity index is 1.93. The van der Waals surface area contributed by atoms with Crippen molar-refractivity contribution in [1.82, 2.24) is 10.6 Å². The van der Waals surface area contributed by atoms with E-state index in [0.29, 0.717) is 5.57 Å². The Labute approximate surface area is 176 Å². The largest absolute Gasteiger partial charge is 0.460 e. The van der Waals surface area contributed by atoms with E-state index in [1.54, 1.807) is 6.92 Å². The minimum Gasteiger partial charge on any atom is -0.460 e. The number of carbonyl (C=O) groups is 3. The topological polar surface area (TPSA) is 93.7 Å². The average Bonchev–Trinajstić information content (AvgIpc) is 2.75. The summed E-state index contributed by atoms with van der Waals surface area (Å²) >= 11 is 0. The van der Waals surface area contributed by atoms with Gasteiger partial charge in [-0.3, -0.25) is 9.59 Å². The second kappa shape index (κ2) is 12.1. The molecule has 0 heterocycles. The number of rotatable bonds is 10. The van der Waals surface area contributed by atoms with Crippen molar-refractivity contribution >= 4 is 18.0 Å². The molecule has 2 amide bonds. The second-order valence-electron chi connectivity index (χ2n) is 6.78. The van der Waals surface area contributed by atoms with Gasteiger partial charge >= 0.3 is 12.1 Å². The van der Waals surface area contributed by atoms with Gasteiger partial charge < -0.3 is 20.1 Å². The van der Waals surface area contributed by atoms with E-state index in [2.05, 4.69) is 17.2 Å². The molecule has 7 heteroatoms. The first kappa shape index (κ1) is 22.7. The summed E-state index contributed by atoms with van der Waals surface area (Å²) in [6.07, 6.45) is -0.478. The summed E-state index contributed by atoms with van der Waals surface area (Å²) in [5, 5.41) is 5.06. The number of benzene rings is 2. The number of hydrogen-bond donors (Lipinski definition) is 2. The molecule has 0 fully saturated rings. The van der Waals surface area contributed by atoms with Gasteiger partial charge in [-0.1, -0.05) is 67.2 Å². The summed E-state index contributed by atoms with van der Waals surface area (Å²) in [5.74, 6) is -1.10. The number of nitrogens with one attached hydrogen (secondary N) is 2. The molecule has 0 unspecified atom stereocenters. The van der Waals surface area contributed by atoms with Crippen LogP contribution in [0, 0.1) is 0 Å². The molecule has 0 aliphatic rings. The first-order valence-corrected chi connectivity index (χ1v) is 9.53. The third kappa shape index (κ3) is 8.60. The molecular weight excluding hydrogens is 384 g/mol. The van der Waals surface area contributed by atoms with Gasteiger partial charge in [-0.2, -0.15) is 0 Å². The minimum absolute atomic E-state index is 0.0829. The highest BCUT2D eigenvalue weighted by molar-refractivity contribution is 5.88. The van der Waals surface area contributed by atoms with Crippen LogP contribution in [0.15, 0.2) is 72.8 Å². The maximum absolute atomic E-state index is 12.6. The van der Waals surface area contributed by atoms with Crippen LogP contribution in [0.4, 0.5) is 4.79 Å². The first-order valence-electron chi connectivity index (χ1n) is 9.53. The molecule has 0 aliphatic heterocycles. The zero-order chi connectivity index (χ0) is 21.8. The summed E-state index contributed by atoms with van der Waals surface area (Å²) in [6, 6.07) is 17.5. The second-order valence-corrected chi connectivity index (χ2v) is 6.78. The third-order valence-electron chi connectivity index (χ3n) is 3.99. The summed E-state index contributed by atoms with van der Waals surface area (Å²) < 4.78 is 10.2. The van der Waals surface area contributed by atoms with Crippen LogP contribution in [-0.2, 0) is 32.1 Å². The van der Waals surface area contributed by atoms with E-state index in [1.807, 2.05) is 60.7 Å². The van der Waals surface area contributed by atoms with Gasteiger partial charge in [-0.25, -0.2) is 4.79 Å². The van der Waals surface area contributed by atoms with Gasteiger partial charge in [0.25, 0.3) is 0 Å². The molecule has 2 aromatic carbocycles. The lowest BCUT2D eigenvalue weighted by molar-refractivity contribution is -0.143. The highest BCUT2D eigenvalue weighted by atomic mass is 16.5. The lowest BCUT2D eigenvalue weighted by atomic mass is 10.1. The Hall–Kier alpha value is -3.61. The van der Waals surface area contributed by atoms with Gasteiger partial charge in [0.1, 0.15) is 25.8 Å². The summed E-state index contributed by atoms with van der Waals surface area (Å²) in [5.41, 5.74) is 2.38. The van der Waals surface area contributed by atoms with Gasteiger partial charge in [0.2, 0.25) is 5.91 Å². The molecule has 2 aromatic rings. The number of carbonyl (C=O) groups excluding carboxylic acids is 3. The highest BCUT2D eigenvalue weighted by Crippen LogP contribution is 2.05. The molecule has 2 N–H and O–H groups in total. The molecule has 0 aliphatic carbocycles. The van der Waals surface area contributed by atoms with Crippen LogP contribution in [0.3, 0.4) is 0 Å². The van der Waals surface area contributed by atoms with Crippen molar-refractivity contribution in [2.24, 2.45) is 0 Å². The van der Waals surface area contributed by atoms with Crippen molar-refractivity contribution < 1.29 is 23.9 Å². The van der Waals surface area contributed by atoms with Gasteiger partial charge in [0, 0.05) is 6.42 Å². The van der Waals surface area contributed by atoms with Crippen LogP contribution in [-0.4, -0.2) is 37.2 Å². The van der Waals surface area contributed by atoms with Crippen LogP contribution in [0.5, 0.6) is 0 Å². The Morgan fingerprint density at radius 3 is 2.13 bits per heavy atom. The quantitative estimate of drug-likeness (QED) is 0.464. The van der Waals surface area contributed by atoms with Crippen LogP contribution in [0.2, 0.25) is 0 Å². The van der Waals surface area contributed by atoms with Gasteiger partial charge in [0.15, 0.2) is 0 Å². The third-order valence-corrected chi connectivity index (χ3v) is 3.99. The van der Waals surface area contributed by atoms with Crippen molar-refractivity contribution in [1.29, 1.82) is 0 Å². The van der Waals surface area contributed by atoms with Crippen molar-refractivity contribution in [3.8, 4) is 0 Å². The van der Waals surface area contributed by atoms with Crippen molar-refractivity contribution in [3.63, 3.8) is 0 Å². The zero-order valence-corrected chi connectivity index (χ0v) is 16.9. The van der Waals surface area contributed by atoms with E-state index < -0.39 is 24.0 Å². The van der Waals surface area contributed by atoms with E-state index in [4.69, 9.17) is 9.47 Å². The molecule has 30 heavy (non-hydrogen) atoms. The maximum Gasteiger partial charge on any atom is 0.408 e. The fourth-order valence-corrected chi connectivity index (χ4v) is 2.50. The number of amides is 2. The van der Waals surface area contributed by atoms with E-state index in [1.165, 1.54) is 0 Å². The Morgan fingerprint density at radius 1 is 0.933 bits per heavy atom. The number of alkyl carbamates (subject to hydrolysis) is 1. The van der Waals surface area contributed by atoms with Crippen molar-refractivity contribution in [2.75, 3.05) is 13.2 Å². The van der Waals surface area contributed by atoms with Crippen LogP contribution in [0.1, 0.15) is 18.1 Å². The van der Waals surface area contributed by atoms with Crippen LogP contribution in [0.25, 0.3) is 0 Å². The monoisotopic (exact) mass is 410 g/mol. The highest BCUT2D eigenvalue weighted by Gasteiger charge is 2.22. The smallest absolute Gasteiger partial charge is 0.408 e. The first-order chi connectivity index (χ1) is 14.4. The van der Waals surface area contributed by atoms with E-state index >= 15 is 0 Å². The lowest BCUT2D eigenvalue weighted by Gasteiger charge is -2.18. The molecule has 7 nitrogen and oxygen atoms in total. The number of esters is 1. The van der Waals surface area contributed by atoms with Gasteiger partial charge in [-0.05, 0) is 23.6 Å². The lowest BCUT2D eigenvalue weighted by Crippen LogP contribution is -2.49. The molecule has 0 radical (unpaired) electrons. The SMILES string of the molecule is C=C(C)COC(=O)CNC(=O)[C@H](Cc1ccccc1)NC(=O)OCc1ccccc1. The average molecular weight is 410 g/mol. The molecule has 0 saturated heterocycles. The van der Waals surface area contributed by atoms with Gasteiger partial charge in [0.05, 0.1) is 0 Å². The molecule has 0 spiro atoms. The molecule has 0 bridgehead atoms. The molecule has 0 saturated carbocycles. The van der Waals surface area contributed by atoms with Crippen LogP contribution < -0.4 is 10.6 Å². The van der Waals surface area contributed by atoms with E-state index in [0.717, 1.165) is 11.1 Å². The summed E-state index contributed by atoms with van der Waals surface area (Å²) in [6.45, 7) is 5.24. The zero-order valence-electron chi connectivity index (χ0n) is 16.9. The molecule has 0 aromatic heterocycles. The number of ether oxygens (including phenoxy) is 2. The van der Waals surface area contributed by atoms with Crippen molar-refractivity contribution in [2.45, 2.75) is 26.0 Å². The Morgan fingerprint density at radius 2 is 1.53 bits per heavy atom. The predicted molar refractivity (Wildman–Crippen MR) is 112 cm³/mol. The van der Waals surface area contributed by atoms with E-state index in [9.17, 15) is 14.4 Å². The maximum atomic E-state index is 12.6. The Kier molecular flexibility index (Phi) is 9.12. The molecule has 158 valence electrons. The van der Waals surface area contributed by atoms with Gasteiger partial charge in [-0.15, -0.1) is 0 Å². The summed E-state index contributed by atoms with van der Waals surface area (Å²) in [4.78, 5) is 36.5. The number of hydrogen-bond acceptors (Lipinski definition) is 5. The standard InChI is InChI=1S/C23H26N2O5/c1-17(2)15-29-21(26)14-24-22(27)20(13-18-9-5-3-6-10-18)25-23(28)30-16-19-11-7-4-8-12-19/h3-12,20H,1,13-16H2,2H3,(H,24,27)(H,25,28)/t20-/m0/s1. The fourth-order valence-electron chi connectivity index (χ4n) is 2.50. The molecular formula is C23H26N2O5. The van der Waals surface area contributed by atoms with Crippen LogP contribution >= 0.6 is 0 Å². The molecule has 2 rings (SSSR count). The summed E-state index contributed by atoms with van der Waals surface area (Å²) in [7, 11) is 0. The normalized spacial score (nSPS) is 11.1. The predicted octanol–water partition coefficient (Wildman–Crippen LogP) is 2.76. The Bertz CT molecular complexity index is 852. The van der Waals surface area contributed by atoms with Crippen molar-refractivity contribution in [3.05, 3.63) is 83.9 Å². The van der Waals surface area contributed by atoms with E-state index in [-0.39, 0.29) is 26.2 Å².